The molecule has 0 radical (unpaired) electrons. The molecule has 0 amide bonds. The zero-order valence-electron chi connectivity index (χ0n) is 14.0. The number of hydrogen-bond donors (Lipinski definition) is 0. The highest BCUT2D eigenvalue weighted by atomic mass is 35.5. The third kappa shape index (κ3) is 4.21. The van der Waals surface area contributed by atoms with Crippen molar-refractivity contribution in [2.24, 2.45) is 0 Å². The van der Waals surface area contributed by atoms with Crippen LogP contribution in [-0.2, 0) is 6.54 Å². The van der Waals surface area contributed by atoms with E-state index in [-0.39, 0.29) is 10.6 Å². The van der Waals surface area contributed by atoms with Crippen molar-refractivity contribution < 1.29 is 9.66 Å². The number of benzene rings is 2. The zero-order valence-corrected chi connectivity index (χ0v) is 14.8. The molecule has 2 aromatic rings. The predicted molar refractivity (Wildman–Crippen MR) is 98.6 cm³/mol. The molecule has 0 bridgehead atoms. The topological polar surface area (TPSA) is 58.8 Å². The van der Waals surface area contributed by atoms with Gasteiger partial charge < -0.3 is 9.64 Å². The SMILES string of the molecule is COc1cccc(N2CCN(Cc3cc([N+](=O)[O-])ccc3Cl)CC2)c1. The van der Waals surface area contributed by atoms with E-state index in [9.17, 15) is 10.1 Å². The minimum Gasteiger partial charge on any atom is -0.497 e. The smallest absolute Gasteiger partial charge is 0.269 e. The van der Waals surface area contributed by atoms with Crippen molar-refractivity contribution in [3.63, 3.8) is 0 Å². The Balaban J connectivity index is 1.63. The van der Waals surface area contributed by atoms with E-state index in [1.54, 1.807) is 19.2 Å². The molecular formula is C18H20ClN3O3. The molecule has 3 rings (SSSR count). The summed E-state index contributed by atoms with van der Waals surface area (Å²) in [4.78, 5) is 15.1. The summed E-state index contributed by atoms with van der Waals surface area (Å²) in [6, 6.07) is 12.6. The summed E-state index contributed by atoms with van der Waals surface area (Å²) >= 11 is 6.20. The molecule has 0 N–H and O–H groups in total. The van der Waals surface area contributed by atoms with E-state index in [4.69, 9.17) is 16.3 Å². The Morgan fingerprint density at radius 3 is 2.60 bits per heavy atom. The van der Waals surface area contributed by atoms with Gasteiger partial charge in [0.15, 0.2) is 0 Å². The molecule has 0 spiro atoms. The lowest BCUT2D eigenvalue weighted by Crippen LogP contribution is -2.46. The molecule has 0 aliphatic carbocycles. The fourth-order valence-electron chi connectivity index (χ4n) is 3.01. The van der Waals surface area contributed by atoms with E-state index in [0.29, 0.717) is 11.6 Å². The maximum absolute atomic E-state index is 10.9. The van der Waals surface area contributed by atoms with Crippen molar-refractivity contribution in [2.45, 2.75) is 6.54 Å². The molecule has 1 aliphatic rings. The van der Waals surface area contributed by atoms with Crippen LogP contribution in [0, 0.1) is 10.1 Å². The Morgan fingerprint density at radius 1 is 1.16 bits per heavy atom. The number of methoxy groups -OCH3 is 1. The van der Waals surface area contributed by atoms with Crippen LogP contribution in [0.3, 0.4) is 0 Å². The number of non-ortho nitro benzene ring substituents is 1. The first-order chi connectivity index (χ1) is 12.1. The number of hydrogen-bond acceptors (Lipinski definition) is 5. The van der Waals surface area contributed by atoms with Gasteiger partial charge in [-0.3, -0.25) is 15.0 Å². The van der Waals surface area contributed by atoms with Gasteiger partial charge in [0.1, 0.15) is 5.75 Å². The highest BCUT2D eigenvalue weighted by Crippen LogP contribution is 2.25. The van der Waals surface area contributed by atoms with Crippen molar-refractivity contribution in [1.82, 2.24) is 4.90 Å². The molecule has 1 aliphatic heterocycles. The van der Waals surface area contributed by atoms with Gasteiger partial charge in [-0.15, -0.1) is 0 Å². The molecule has 1 heterocycles. The second-order valence-electron chi connectivity index (χ2n) is 6.00. The van der Waals surface area contributed by atoms with Crippen LogP contribution in [-0.4, -0.2) is 43.1 Å². The normalized spacial score (nSPS) is 15.2. The standard InChI is InChI=1S/C18H20ClN3O3/c1-25-17-4-2-3-15(12-17)21-9-7-20(8-10-21)13-14-11-16(22(23)24)5-6-18(14)19/h2-6,11-12H,7-10,13H2,1H3. The van der Waals surface area contributed by atoms with Gasteiger partial charge in [0.25, 0.3) is 5.69 Å². The quantitative estimate of drug-likeness (QED) is 0.601. The van der Waals surface area contributed by atoms with Crippen molar-refractivity contribution in [3.8, 4) is 5.75 Å². The van der Waals surface area contributed by atoms with Crippen LogP contribution in [0.15, 0.2) is 42.5 Å². The molecule has 1 fully saturated rings. The second kappa shape index (κ2) is 7.72. The van der Waals surface area contributed by atoms with Gasteiger partial charge in [0.05, 0.1) is 12.0 Å². The zero-order chi connectivity index (χ0) is 17.8. The summed E-state index contributed by atoms with van der Waals surface area (Å²) in [7, 11) is 1.67. The number of piperazine rings is 1. The summed E-state index contributed by atoms with van der Waals surface area (Å²) in [6.45, 7) is 4.14. The Kier molecular flexibility index (Phi) is 5.40. The highest BCUT2D eigenvalue weighted by Gasteiger charge is 2.19. The Hall–Kier alpha value is -2.31. The van der Waals surface area contributed by atoms with Crippen LogP contribution >= 0.6 is 11.6 Å². The number of halogens is 1. The molecule has 25 heavy (non-hydrogen) atoms. The van der Waals surface area contributed by atoms with Crippen molar-refractivity contribution in [2.75, 3.05) is 38.2 Å². The summed E-state index contributed by atoms with van der Waals surface area (Å²) in [5, 5.41) is 11.5. The predicted octanol–water partition coefficient (Wildman–Crippen LogP) is 3.58. The van der Waals surface area contributed by atoms with Gasteiger partial charge in [-0.2, -0.15) is 0 Å². The summed E-state index contributed by atoms with van der Waals surface area (Å²) < 4.78 is 5.28. The minimum atomic E-state index is -0.388. The van der Waals surface area contributed by atoms with Gasteiger partial charge in [-0.05, 0) is 23.8 Å². The van der Waals surface area contributed by atoms with Crippen LogP contribution in [0.5, 0.6) is 5.75 Å². The number of nitrogens with zero attached hydrogens (tertiary/aromatic N) is 3. The third-order valence-corrected chi connectivity index (χ3v) is 4.79. The summed E-state index contributed by atoms with van der Waals surface area (Å²) in [6.07, 6.45) is 0. The van der Waals surface area contributed by atoms with Gasteiger partial charge in [0, 0.05) is 61.6 Å². The monoisotopic (exact) mass is 361 g/mol. The molecule has 1 saturated heterocycles. The lowest BCUT2D eigenvalue weighted by atomic mass is 10.1. The van der Waals surface area contributed by atoms with Crippen LogP contribution in [0.2, 0.25) is 5.02 Å². The second-order valence-corrected chi connectivity index (χ2v) is 6.40. The van der Waals surface area contributed by atoms with Crippen molar-refractivity contribution >= 4 is 23.0 Å². The molecule has 7 heteroatoms. The Bertz CT molecular complexity index is 761. The molecule has 2 aromatic carbocycles. The fourth-order valence-corrected chi connectivity index (χ4v) is 3.19. The highest BCUT2D eigenvalue weighted by molar-refractivity contribution is 6.31. The maximum Gasteiger partial charge on any atom is 0.269 e. The Labute approximate surface area is 151 Å². The third-order valence-electron chi connectivity index (χ3n) is 4.42. The van der Waals surface area contributed by atoms with Crippen LogP contribution < -0.4 is 9.64 Å². The van der Waals surface area contributed by atoms with Crippen LogP contribution in [0.4, 0.5) is 11.4 Å². The lowest BCUT2D eigenvalue weighted by Gasteiger charge is -2.36. The van der Waals surface area contributed by atoms with Crippen LogP contribution in [0.25, 0.3) is 0 Å². The van der Waals surface area contributed by atoms with Crippen molar-refractivity contribution in [3.05, 3.63) is 63.2 Å². The van der Waals surface area contributed by atoms with Gasteiger partial charge in [-0.1, -0.05) is 17.7 Å². The first kappa shape index (κ1) is 17.5. The van der Waals surface area contributed by atoms with Gasteiger partial charge in [-0.25, -0.2) is 0 Å². The van der Waals surface area contributed by atoms with Gasteiger partial charge in [0.2, 0.25) is 0 Å². The lowest BCUT2D eigenvalue weighted by molar-refractivity contribution is -0.384. The number of ether oxygens (including phenoxy) is 1. The fraction of sp³-hybridized carbons (Fsp3) is 0.333. The van der Waals surface area contributed by atoms with E-state index < -0.39 is 0 Å². The van der Waals surface area contributed by atoms with Crippen LogP contribution in [0.1, 0.15) is 5.56 Å². The molecule has 0 unspecified atom stereocenters. The first-order valence-corrected chi connectivity index (χ1v) is 8.49. The van der Waals surface area contributed by atoms with E-state index in [2.05, 4.69) is 15.9 Å². The molecule has 0 aromatic heterocycles. The molecular weight excluding hydrogens is 342 g/mol. The molecule has 6 nitrogen and oxygen atoms in total. The number of rotatable bonds is 5. The molecule has 0 saturated carbocycles. The largest absolute Gasteiger partial charge is 0.497 e. The Morgan fingerprint density at radius 2 is 1.92 bits per heavy atom. The van der Waals surface area contributed by atoms with E-state index >= 15 is 0 Å². The number of anilines is 1. The van der Waals surface area contributed by atoms with Crippen molar-refractivity contribution in [1.29, 1.82) is 0 Å². The number of nitro benzene ring substituents is 1. The van der Waals surface area contributed by atoms with E-state index in [1.165, 1.54) is 6.07 Å². The maximum atomic E-state index is 10.9. The summed E-state index contributed by atoms with van der Waals surface area (Å²) in [5.41, 5.74) is 2.02. The van der Waals surface area contributed by atoms with E-state index in [1.807, 2.05) is 18.2 Å². The molecule has 132 valence electrons. The van der Waals surface area contributed by atoms with Gasteiger partial charge >= 0.3 is 0 Å². The number of nitro groups is 1. The average Bonchev–Trinajstić information content (AvgIpc) is 2.64. The summed E-state index contributed by atoms with van der Waals surface area (Å²) in [5.74, 6) is 0.850. The molecule has 0 atom stereocenters. The average molecular weight is 362 g/mol. The van der Waals surface area contributed by atoms with E-state index in [0.717, 1.165) is 43.2 Å². The first-order valence-electron chi connectivity index (χ1n) is 8.11. The minimum absolute atomic E-state index is 0.0782.